The summed E-state index contributed by atoms with van der Waals surface area (Å²) in [4.78, 5) is 9.01. The third-order valence-corrected chi connectivity index (χ3v) is 3.14. The Morgan fingerprint density at radius 3 is 1.11 bits per heavy atom. The molecule has 0 aliphatic carbocycles. The zero-order valence-corrected chi connectivity index (χ0v) is 20.9. The van der Waals surface area contributed by atoms with Crippen molar-refractivity contribution in [1.29, 1.82) is 0 Å². The third-order valence-electron chi connectivity index (χ3n) is 3.14. The van der Waals surface area contributed by atoms with E-state index in [9.17, 15) is 0 Å². The predicted octanol–water partition coefficient (Wildman–Crippen LogP) is 7.53. The monoisotopic (exact) mass is 421 g/mol. The van der Waals surface area contributed by atoms with Crippen molar-refractivity contribution in [3.63, 3.8) is 0 Å². The van der Waals surface area contributed by atoms with E-state index >= 15 is 0 Å². The van der Waals surface area contributed by atoms with E-state index in [1.54, 1.807) is 0 Å². The van der Waals surface area contributed by atoms with Crippen LogP contribution in [0.2, 0.25) is 0 Å². The molecule has 0 bridgehead atoms. The smallest absolute Gasteiger partial charge is 0.466 e. The van der Waals surface area contributed by atoms with Crippen molar-refractivity contribution in [2.75, 3.05) is 0 Å². The van der Waals surface area contributed by atoms with Crippen LogP contribution in [-0.4, -0.2) is 35.8 Å². The topological polar surface area (TPSA) is 52.9 Å². The molecule has 0 saturated heterocycles. The van der Waals surface area contributed by atoms with Crippen LogP contribution in [0.1, 0.15) is 108 Å². The molecule has 0 aliphatic rings. The molecule has 0 amide bonds. The second-order valence-corrected chi connectivity index (χ2v) is 7.93. The van der Waals surface area contributed by atoms with E-state index in [0.29, 0.717) is 24.2 Å². The van der Waals surface area contributed by atoms with Crippen molar-refractivity contribution in [1.82, 2.24) is 0 Å². The van der Waals surface area contributed by atoms with E-state index in [-0.39, 0.29) is 17.1 Å². The summed E-state index contributed by atoms with van der Waals surface area (Å²) in [6.45, 7) is 21.2. The zero-order chi connectivity index (χ0) is 20.5. The summed E-state index contributed by atoms with van der Waals surface area (Å²) >= 11 is 0. The van der Waals surface area contributed by atoms with Crippen molar-refractivity contribution in [2.24, 2.45) is 9.98 Å². The molecule has 4 nitrogen and oxygen atoms in total. The van der Waals surface area contributed by atoms with Crippen molar-refractivity contribution in [3.05, 3.63) is 10.6 Å². The van der Waals surface area contributed by atoms with Gasteiger partial charge in [-0.1, -0.05) is 107 Å². The molecule has 0 N–H and O–H groups in total. The average molecular weight is 422 g/mol. The molecule has 0 unspecified atom stereocenters. The standard InChI is InChI=1S/2C11H23N2.Mn/c2*1-6-7-8-11(12-9(2)3)13-10(4)5;/h2*9-10H,6-8H2,1-5H3;/q2*-1;+2. The summed E-state index contributed by atoms with van der Waals surface area (Å²) in [5.41, 5.74) is 0. The molecule has 0 atom stereocenters. The van der Waals surface area contributed by atoms with Gasteiger partial charge in [0.2, 0.25) is 0 Å². The first-order chi connectivity index (χ1) is 12.1. The number of unbranched alkanes of at least 4 members (excludes halogenated alkanes) is 2. The molecule has 0 aromatic carbocycles. The Hall–Kier alpha value is -0.541. The zero-order valence-electron chi connectivity index (χ0n) is 19.7. The summed E-state index contributed by atoms with van der Waals surface area (Å²) in [5.74, 6) is 2.10. The fraction of sp³-hybridized carbons (Fsp3) is 0.909. The first kappa shape index (κ1) is 31.2. The van der Waals surface area contributed by atoms with Crippen LogP contribution in [0, 0.1) is 0 Å². The molecule has 0 aromatic heterocycles. The Morgan fingerprint density at radius 2 is 0.926 bits per heavy atom. The number of amidine groups is 2. The molecule has 0 heterocycles. The first-order valence-electron chi connectivity index (χ1n) is 10.7. The van der Waals surface area contributed by atoms with Gasteiger partial charge in [0.1, 0.15) is 0 Å². The SMILES string of the molecule is CCCCC(=NC(C)C)[N-]C(C)C.CCCCC(=NC(C)C)[N-]C(C)C.[Mn+2]. The molecule has 5 heteroatoms. The first-order valence-corrected chi connectivity index (χ1v) is 10.7. The van der Waals surface area contributed by atoms with Gasteiger partial charge in [-0.25, -0.2) is 0 Å². The number of rotatable bonds is 10. The van der Waals surface area contributed by atoms with Gasteiger partial charge >= 0.3 is 17.1 Å². The Balaban J connectivity index is -0.000000411. The van der Waals surface area contributed by atoms with E-state index in [1.807, 2.05) is 0 Å². The van der Waals surface area contributed by atoms with Gasteiger partial charge in [-0.15, -0.1) is 0 Å². The summed E-state index contributed by atoms with van der Waals surface area (Å²) in [5, 5.41) is 9.01. The quantitative estimate of drug-likeness (QED) is 0.199. The summed E-state index contributed by atoms with van der Waals surface area (Å²) < 4.78 is 0. The van der Waals surface area contributed by atoms with Gasteiger partial charge in [-0.05, 0) is 37.0 Å². The minimum Gasteiger partial charge on any atom is -0.466 e. The maximum atomic E-state index is 4.50. The molecule has 161 valence electrons. The fourth-order valence-corrected chi connectivity index (χ4v) is 2.19. The number of nitrogens with zero attached hydrogens (tertiary/aromatic N) is 4. The summed E-state index contributed by atoms with van der Waals surface area (Å²) in [6.07, 6.45) is 6.89. The largest absolute Gasteiger partial charge is 2.00 e. The molecule has 0 fully saturated rings. The van der Waals surface area contributed by atoms with E-state index in [1.165, 1.54) is 25.7 Å². The average Bonchev–Trinajstić information content (AvgIpc) is 2.48. The van der Waals surface area contributed by atoms with Crippen LogP contribution in [-0.2, 0) is 17.1 Å². The third kappa shape index (κ3) is 25.5. The number of aliphatic imine (C=N–C) groups is 2. The predicted molar refractivity (Wildman–Crippen MR) is 121 cm³/mol. The van der Waals surface area contributed by atoms with Gasteiger partial charge in [0.15, 0.2) is 0 Å². The molecular formula is C22H46MnN4. The van der Waals surface area contributed by atoms with Crippen LogP contribution < -0.4 is 0 Å². The van der Waals surface area contributed by atoms with Crippen LogP contribution in [0.4, 0.5) is 0 Å². The number of hydrogen-bond acceptors (Lipinski definition) is 2. The molecule has 0 aliphatic heterocycles. The van der Waals surface area contributed by atoms with Gasteiger partial charge in [0.25, 0.3) is 0 Å². The van der Waals surface area contributed by atoms with Crippen molar-refractivity contribution < 1.29 is 17.1 Å². The second-order valence-electron chi connectivity index (χ2n) is 7.93. The molecule has 27 heavy (non-hydrogen) atoms. The van der Waals surface area contributed by atoms with Gasteiger partial charge < -0.3 is 20.6 Å². The minimum absolute atomic E-state index is 0. The van der Waals surface area contributed by atoms with E-state index in [2.05, 4.69) is 89.9 Å². The van der Waals surface area contributed by atoms with Crippen LogP contribution in [0.25, 0.3) is 10.6 Å². The Kier molecular flexibility index (Phi) is 23.3. The van der Waals surface area contributed by atoms with Crippen LogP contribution >= 0.6 is 0 Å². The van der Waals surface area contributed by atoms with Crippen molar-refractivity contribution in [3.8, 4) is 0 Å². The normalized spacial score (nSPS) is 12.2. The summed E-state index contributed by atoms with van der Waals surface area (Å²) in [7, 11) is 0. The van der Waals surface area contributed by atoms with Crippen LogP contribution in [0.3, 0.4) is 0 Å². The van der Waals surface area contributed by atoms with E-state index in [4.69, 9.17) is 0 Å². The molecule has 1 radical (unpaired) electrons. The van der Waals surface area contributed by atoms with Crippen molar-refractivity contribution in [2.45, 2.75) is 132 Å². The molecule has 0 spiro atoms. The van der Waals surface area contributed by atoms with E-state index in [0.717, 1.165) is 24.5 Å². The van der Waals surface area contributed by atoms with Crippen molar-refractivity contribution >= 4 is 11.7 Å². The minimum atomic E-state index is 0. The van der Waals surface area contributed by atoms with E-state index < -0.39 is 0 Å². The number of hydrogen-bond donors (Lipinski definition) is 0. The maximum Gasteiger partial charge on any atom is 2.00 e. The maximum absolute atomic E-state index is 4.50. The van der Waals surface area contributed by atoms with Crippen LogP contribution in [0.5, 0.6) is 0 Å². The molecule has 0 rings (SSSR count). The molecule has 0 aromatic rings. The Labute approximate surface area is 181 Å². The van der Waals surface area contributed by atoms with Gasteiger partial charge in [0.05, 0.1) is 0 Å². The molecule has 0 saturated carbocycles. The van der Waals surface area contributed by atoms with Crippen LogP contribution in [0.15, 0.2) is 9.98 Å². The van der Waals surface area contributed by atoms with Gasteiger partial charge in [-0.3, -0.25) is 0 Å². The summed E-state index contributed by atoms with van der Waals surface area (Å²) in [6, 6.07) is 1.48. The molecular weight excluding hydrogens is 375 g/mol. The fourth-order valence-electron chi connectivity index (χ4n) is 2.19. The Bertz CT molecular complexity index is 339. The second kappa shape index (κ2) is 20.2. The van der Waals surface area contributed by atoms with Gasteiger partial charge in [-0.2, -0.15) is 0 Å². The van der Waals surface area contributed by atoms with Gasteiger partial charge in [0, 0.05) is 0 Å². The Morgan fingerprint density at radius 1 is 0.630 bits per heavy atom.